The summed E-state index contributed by atoms with van der Waals surface area (Å²) in [5.74, 6) is 0. The molecule has 2 aromatic heterocycles. The molecule has 0 aliphatic carbocycles. The number of aromatic nitrogens is 1. The number of nitrogens with one attached hydrogen (secondary N) is 1. The first-order chi connectivity index (χ1) is 9.83. The monoisotopic (exact) mass is 287 g/mol. The highest BCUT2D eigenvalue weighted by molar-refractivity contribution is 7.12. The van der Waals surface area contributed by atoms with E-state index in [0.717, 1.165) is 32.6 Å². The van der Waals surface area contributed by atoms with Gasteiger partial charge >= 0.3 is 0 Å². The van der Waals surface area contributed by atoms with Crippen LogP contribution in [0.2, 0.25) is 0 Å². The molecule has 1 saturated heterocycles. The molecule has 3 heterocycles. The van der Waals surface area contributed by atoms with Crippen molar-refractivity contribution >= 4 is 11.3 Å². The molecule has 4 heteroatoms. The maximum atomic E-state index is 4.51. The summed E-state index contributed by atoms with van der Waals surface area (Å²) in [6.07, 6.45) is 2.89. The van der Waals surface area contributed by atoms with Crippen LogP contribution in [0.25, 0.3) is 0 Å². The third-order valence-electron chi connectivity index (χ3n) is 3.81. The zero-order valence-electron chi connectivity index (χ0n) is 11.9. The van der Waals surface area contributed by atoms with Crippen LogP contribution in [-0.4, -0.2) is 36.1 Å². The quantitative estimate of drug-likeness (QED) is 0.937. The van der Waals surface area contributed by atoms with Crippen LogP contribution in [0, 0.1) is 6.92 Å². The van der Waals surface area contributed by atoms with E-state index >= 15 is 0 Å². The van der Waals surface area contributed by atoms with E-state index in [4.69, 9.17) is 0 Å². The molecule has 0 spiro atoms. The van der Waals surface area contributed by atoms with E-state index in [1.54, 1.807) is 0 Å². The van der Waals surface area contributed by atoms with Crippen LogP contribution in [-0.2, 0) is 6.42 Å². The summed E-state index contributed by atoms with van der Waals surface area (Å²) in [6.45, 7) is 6.60. The molecular weight excluding hydrogens is 266 g/mol. The van der Waals surface area contributed by atoms with E-state index in [1.807, 2.05) is 23.6 Å². The Hall–Kier alpha value is -1.23. The van der Waals surface area contributed by atoms with Crippen LogP contribution in [0.4, 0.5) is 0 Å². The van der Waals surface area contributed by atoms with Crippen LogP contribution in [0.1, 0.15) is 21.5 Å². The Balaban J connectivity index is 1.82. The van der Waals surface area contributed by atoms with Gasteiger partial charge in [-0.1, -0.05) is 6.07 Å². The molecule has 0 radical (unpaired) electrons. The lowest BCUT2D eigenvalue weighted by Gasteiger charge is -2.34. The average molecular weight is 287 g/mol. The molecule has 0 amide bonds. The molecule has 20 heavy (non-hydrogen) atoms. The minimum atomic E-state index is 0.464. The van der Waals surface area contributed by atoms with Crippen LogP contribution >= 0.6 is 11.3 Å². The molecule has 1 aliphatic heterocycles. The number of hydrogen-bond donors (Lipinski definition) is 1. The molecule has 1 N–H and O–H groups in total. The highest BCUT2D eigenvalue weighted by Crippen LogP contribution is 2.30. The summed E-state index contributed by atoms with van der Waals surface area (Å²) in [7, 11) is 0. The SMILES string of the molecule is Cc1ccc(C(Cc2ccccn2)N2CCNCC2)s1. The van der Waals surface area contributed by atoms with Crippen molar-refractivity contribution < 1.29 is 0 Å². The number of pyridine rings is 1. The van der Waals surface area contributed by atoms with Crippen LogP contribution < -0.4 is 5.32 Å². The number of rotatable bonds is 4. The van der Waals surface area contributed by atoms with Gasteiger partial charge in [0.15, 0.2) is 0 Å². The second-order valence-electron chi connectivity index (χ2n) is 5.28. The largest absolute Gasteiger partial charge is 0.314 e. The molecule has 2 aromatic rings. The molecule has 0 saturated carbocycles. The molecule has 3 nitrogen and oxygen atoms in total. The van der Waals surface area contributed by atoms with Gasteiger partial charge in [-0.2, -0.15) is 0 Å². The standard InChI is InChI=1S/C16H21N3S/c1-13-5-6-16(20-13)15(19-10-8-17-9-11-19)12-14-4-2-3-7-18-14/h2-7,15,17H,8-12H2,1H3. The lowest BCUT2D eigenvalue weighted by Crippen LogP contribution is -2.45. The van der Waals surface area contributed by atoms with Crippen molar-refractivity contribution in [3.8, 4) is 0 Å². The Bertz CT molecular complexity index is 532. The maximum Gasteiger partial charge on any atom is 0.0498 e. The highest BCUT2D eigenvalue weighted by atomic mass is 32.1. The van der Waals surface area contributed by atoms with Gasteiger partial charge in [-0.15, -0.1) is 11.3 Å². The number of aryl methyl sites for hydroxylation is 1. The predicted octanol–water partition coefficient (Wildman–Crippen LogP) is 2.64. The fourth-order valence-corrected chi connectivity index (χ4v) is 3.77. The van der Waals surface area contributed by atoms with E-state index in [2.05, 4.69) is 46.4 Å². The third-order valence-corrected chi connectivity index (χ3v) is 4.91. The molecular formula is C16H21N3S. The Kier molecular flexibility index (Phi) is 4.45. The van der Waals surface area contributed by atoms with Crippen molar-refractivity contribution in [3.63, 3.8) is 0 Å². The molecule has 0 bridgehead atoms. The molecule has 106 valence electrons. The number of piperazine rings is 1. The number of nitrogens with zero attached hydrogens (tertiary/aromatic N) is 2. The molecule has 3 rings (SSSR count). The van der Waals surface area contributed by atoms with Gasteiger partial charge in [0.25, 0.3) is 0 Å². The summed E-state index contributed by atoms with van der Waals surface area (Å²) in [5, 5.41) is 3.44. The summed E-state index contributed by atoms with van der Waals surface area (Å²) in [6, 6.07) is 11.2. The first-order valence-corrected chi connectivity index (χ1v) is 8.05. The molecule has 1 aliphatic rings. The number of hydrogen-bond acceptors (Lipinski definition) is 4. The second-order valence-corrected chi connectivity index (χ2v) is 6.59. The van der Waals surface area contributed by atoms with Gasteiger partial charge in [0, 0.05) is 60.3 Å². The fraction of sp³-hybridized carbons (Fsp3) is 0.438. The van der Waals surface area contributed by atoms with Crippen molar-refractivity contribution in [2.75, 3.05) is 26.2 Å². The third kappa shape index (κ3) is 3.26. The van der Waals surface area contributed by atoms with Crippen molar-refractivity contribution in [2.24, 2.45) is 0 Å². The number of thiophene rings is 1. The lowest BCUT2D eigenvalue weighted by molar-refractivity contribution is 0.174. The Morgan fingerprint density at radius 3 is 2.75 bits per heavy atom. The van der Waals surface area contributed by atoms with E-state index in [-0.39, 0.29) is 0 Å². The fourth-order valence-electron chi connectivity index (χ4n) is 2.75. The van der Waals surface area contributed by atoms with Crippen molar-refractivity contribution in [2.45, 2.75) is 19.4 Å². The Morgan fingerprint density at radius 2 is 2.10 bits per heavy atom. The van der Waals surface area contributed by atoms with Gasteiger partial charge in [-0.25, -0.2) is 0 Å². The van der Waals surface area contributed by atoms with Crippen molar-refractivity contribution in [3.05, 3.63) is 52.0 Å². The predicted molar refractivity (Wildman–Crippen MR) is 84.2 cm³/mol. The minimum absolute atomic E-state index is 0.464. The van der Waals surface area contributed by atoms with Crippen molar-refractivity contribution in [1.82, 2.24) is 15.2 Å². The zero-order valence-corrected chi connectivity index (χ0v) is 12.7. The van der Waals surface area contributed by atoms with Gasteiger partial charge in [-0.05, 0) is 31.2 Å². The van der Waals surface area contributed by atoms with E-state index in [1.165, 1.54) is 15.4 Å². The molecule has 1 unspecified atom stereocenters. The summed E-state index contributed by atoms with van der Waals surface area (Å²) >= 11 is 1.92. The zero-order chi connectivity index (χ0) is 13.8. The normalized spacial score (nSPS) is 18.1. The molecule has 0 aromatic carbocycles. The molecule has 1 atom stereocenters. The van der Waals surface area contributed by atoms with Gasteiger partial charge in [0.2, 0.25) is 0 Å². The summed E-state index contributed by atoms with van der Waals surface area (Å²) < 4.78 is 0. The topological polar surface area (TPSA) is 28.2 Å². The summed E-state index contributed by atoms with van der Waals surface area (Å²) in [4.78, 5) is 9.96. The van der Waals surface area contributed by atoms with E-state index in [0.29, 0.717) is 6.04 Å². The Morgan fingerprint density at radius 1 is 1.25 bits per heavy atom. The maximum absolute atomic E-state index is 4.51. The summed E-state index contributed by atoms with van der Waals surface area (Å²) in [5.41, 5.74) is 1.18. The first-order valence-electron chi connectivity index (χ1n) is 7.24. The lowest BCUT2D eigenvalue weighted by atomic mass is 10.1. The average Bonchev–Trinajstić information content (AvgIpc) is 2.93. The van der Waals surface area contributed by atoms with E-state index in [9.17, 15) is 0 Å². The first kappa shape index (κ1) is 13.7. The van der Waals surface area contributed by atoms with Crippen molar-refractivity contribution in [1.29, 1.82) is 0 Å². The minimum Gasteiger partial charge on any atom is -0.314 e. The smallest absolute Gasteiger partial charge is 0.0498 e. The Labute approximate surface area is 124 Å². The van der Waals surface area contributed by atoms with Gasteiger partial charge in [0.1, 0.15) is 0 Å². The van der Waals surface area contributed by atoms with E-state index < -0.39 is 0 Å². The van der Waals surface area contributed by atoms with Gasteiger partial charge in [-0.3, -0.25) is 9.88 Å². The van der Waals surface area contributed by atoms with Crippen LogP contribution in [0.15, 0.2) is 36.5 Å². The van der Waals surface area contributed by atoms with Crippen LogP contribution in [0.3, 0.4) is 0 Å². The van der Waals surface area contributed by atoms with Gasteiger partial charge < -0.3 is 5.32 Å². The highest BCUT2D eigenvalue weighted by Gasteiger charge is 2.23. The molecule has 1 fully saturated rings. The van der Waals surface area contributed by atoms with Crippen LogP contribution in [0.5, 0.6) is 0 Å². The van der Waals surface area contributed by atoms with Gasteiger partial charge in [0.05, 0.1) is 0 Å². The second kappa shape index (κ2) is 6.48.